The van der Waals surface area contributed by atoms with Crippen LogP contribution in [0.25, 0.3) is 0 Å². The van der Waals surface area contributed by atoms with Gasteiger partial charge in [-0.3, -0.25) is 9.86 Å². The second kappa shape index (κ2) is 11.8. The van der Waals surface area contributed by atoms with Gasteiger partial charge in [-0.25, -0.2) is 0 Å². The second-order valence-corrected chi connectivity index (χ2v) is 9.98. The van der Waals surface area contributed by atoms with E-state index < -0.39 is 17.9 Å². The minimum atomic E-state index is -4.36. The number of allylic oxidation sites excluding steroid dienone is 3. The monoisotopic (exact) mass is 500 g/mol. The molecule has 0 aliphatic carbocycles. The summed E-state index contributed by atoms with van der Waals surface area (Å²) in [5.41, 5.74) is 0.829. The number of aliphatic hydroxyl groups is 1. The van der Waals surface area contributed by atoms with Crippen LogP contribution in [0.15, 0.2) is 64.1 Å². The maximum Gasteiger partial charge on any atom is 0.412 e. The third-order valence-electron chi connectivity index (χ3n) is 5.94. The fraction of sp³-hybridized carbons (Fsp3) is 0.478. The Bertz CT molecular complexity index is 883. The van der Waals surface area contributed by atoms with Gasteiger partial charge in [0.25, 0.3) is 0 Å². The molecule has 182 valence electrons. The first-order chi connectivity index (χ1) is 15.7. The molecule has 1 saturated heterocycles. The molecular weight excluding hydrogens is 469 g/mol. The zero-order valence-electron chi connectivity index (χ0n) is 18.6. The number of aliphatic hydroxyl groups excluding tert-OH is 1. The number of halogens is 3. The number of rotatable bonds is 8. The number of alkyl halides is 3. The number of piperidine rings is 1. The van der Waals surface area contributed by atoms with Gasteiger partial charge in [-0.05, 0) is 57.0 Å². The third kappa shape index (κ3) is 7.27. The molecular formula is C23H31F3N4OS2. The van der Waals surface area contributed by atoms with E-state index in [1.165, 1.54) is 17.8 Å². The van der Waals surface area contributed by atoms with Crippen molar-refractivity contribution >= 4 is 29.6 Å². The third-order valence-corrected chi connectivity index (χ3v) is 7.43. The Balaban J connectivity index is 1.68. The molecule has 1 unspecified atom stereocenters. The largest absolute Gasteiger partial charge is 0.412 e. The van der Waals surface area contributed by atoms with E-state index >= 15 is 0 Å². The Morgan fingerprint density at radius 1 is 1.33 bits per heavy atom. The molecule has 3 rings (SSSR count). The topological polar surface area (TPSA) is 64.8 Å². The minimum absolute atomic E-state index is 0.320. The van der Waals surface area contributed by atoms with Crippen LogP contribution < -0.4 is 14.8 Å². The lowest BCUT2D eigenvalue weighted by Gasteiger charge is -2.37. The predicted molar refractivity (Wildman–Crippen MR) is 132 cm³/mol. The van der Waals surface area contributed by atoms with E-state index in [0.29, 0.717) is 29.6 Å². The average molecular weight is 501 g/mol. The molecule has 2 aliphatic heterocycles. The van der Waals surface area contributed by atoms with Crippen molar-refractivity contribution < 1.29 is 18.3 Å². The summed E-state index contributed by atoms with van der Waals surface area (Å²) in [6.07, 6.45) is -0.345. The summed E-state index contributed by atoms with van der Waals surface area (Å²) < 4.78 is 41.8. The van der Waals surface area contributed by atoms with Crippen molar-refractivity contribution in [1.82, 2.24) is 9.62 Å². The van der Waals surface area contributed by atoms with Crippen LogP contribution in [0.2, 0.25) is 0 Å². The highest BCUT2D eigenvalue weighted by molar-refractivity contribution is 8.03. The molecule has 1 atom stereocenters. The number of fused-ring (bicyclic) bond motifs is 1. The molecule has 0 saturated carbocycles. The summed E-state index contributed by atoms with van der Waals surface area (Å²) in [6, 6.07) is 7.68. The van der Waals surface area contributed by atoms with Crippen LogP contribution in [-0.2, 0) is 0 Å². The quantitative estimate of drug-likeness (QED) is 0.448. The van der Waals surface area contributed by atoms with Gasteiger partial charge in [0.2, 0.25) is 0 Å². The van der Waals surface area contributed by atoms with Crippen molar-refractivity contribution in [1.29, 1.82) is 0 Å². The summed E-state index contributed by atoms with van der Waals surface area (Å²) in [4.78, 5) is 5.73. The van der Waals surface area contributed by atoms with Gasteiger partial charge in [0.15, 0.2) is 0 Å². The molecule has 1 aromatic carbocycles. The van der Waals surface area contributed by atoms with Gasteiger partial charge in [0, 0.05) is 46.3 Å². The number of benzene rings is 1. The van der Waals surface area contributed by atoms with Gasteiger partial charge in [0.1, 0.15) is 0 Å². The first-order valence-electron chi connectivity index (χ1n) is 10.9. The van der Waals surface area contributed by atoms with Gasteiger partial charge < -0.3 is 14.9 Å². The van der Waals surface area contributed by atoms with Gasteiger partial charge >= 0.3 is 6.18 Å². The van der Waals surface area contributed by atoms with Gasteiger partial charge in [-0.2, -0.15) is 13.2 Å². The van der Waals surface area contributed by atoms with E-state index in [1.807, 2.05) is 29.2 Å². The Morgan fingerprint density at radius 2 is 2.03 bits per heavy atom. The Labute approximate surface area is 202 Å². The highest BCUT2D eigenvalue weighted by Gasteiger charge is 2.30. The molecule has 1 aromatic rings. The van der Waals surface area contributed by atoms with Crippen molar-refractivity contribution in [2.24, 2.45) is 11.1 Å². The average Bonchev–Trinajstić information content (AvgIpc) is 2.78. The zero-order valence-corrected chi connectivity index (χ0v) is 20.3. The lowest BCUT2D eigenvalue weighted by Crippen LogP contribution is -2.44. The highest BCUT2D eigenvalue weighted by Crippen LogP contribution is 2.45. The fourth-order valence-electron chi connectivity index (χ4n) is 3.96. The summed E-state index contributed by atoms with van der Waals surface area (Å²) in [6.45, 7) is 8.77. The second-order valence-electron chi connectivity index (χ2n) is 8.37. The number of para-hydroxylation sites is 1. The standard InChI is InChI=1S/C23H31F3N4OS2/c1-16(23(24,25)26)7-8-21-17(2)30(20-5-3-4-6-22(20)32-21)15-19(31)14-29-11-9-18(10-12-29)13-28-33-27/h3-8,18-19,28,31H,2,9-15,27H2,1H3/b16-7+,21-8+. The Kier molecular flexibility index (Phi) is 9.37. The molecule has 0 aromatic heterocycles. The Morgan fingerprint density at radius 3 is 2.70 bits per heavy atom. The molecule has 0 amide bonds. The number of β-amino-alcohol motifs (C(OH)–C–C–N with tert-alkyl or cyclic N) is 1. The molecule has 2 aliphatic rings. The molecule has 33 heavy (non-hydrogen) atoms. The van der Waals surface area contributed by atoms with Crippen LogP contribution in [0.4, 0.5) is 18.9 Å². The lowest BCUT2D eigenvalue weighted by atomic mass is 9.97. The number of anilines is 1. The van der Waals surface area contributed by atoms with Crippen LogP contribution in [0, 0.1) is 5.92 Å². The van der Waals surface area contributed by atoms with E-state index in [1.54, 1.807) is 0 Å². The van der Waals surface area contributed by atoms with E-state index in [9.17, 15) is 18.3 Å². The van der Waals surface area contributed by atoms with E-state index in [0.717, 1.165) is 68.2 Å². The van der Waals surface area contributed by atoms with Crippen LogP contribution >= 0.6 is 23.9 Å². The number of nitrogens with one attached hydrogen (secondary N) is 1. The van der Waals surface area contributed by atoms with Crippen molar-refractivity contribution in [3.63, 3.8) is 0 Å². The summed E-state index contributed by atoms with van der Waals surface area (Å²) in [7, 11) is 0. The maximum atomic E-state index is 12.9. The van der Waals surface area contributed by atoms with Gasteiger partial charge in [-0.1, -0.05) is 36.5 Å². The normalized spacial score (nSPS) is 20.9. The van der Waals surface area contributed by atoms with Crippen molar-refractivity contribution in [3.05, 3.63) is 59.2 Å². The van der Waals surface area contributed by atoms with Crippen molar-refractivity contribution in [3.8, 4) is 0 Å². The van der Waals surface area contributed by atoms with Crippen LogP contribution in [-0.4, -0.2) is 55.0 Å². The molecule has 0 radical (unpaired) electrons. The minimum Gasteiger partial charge on any atom is -0.390 e. The van der Waals surface area contributed by atoms with Gasteiger partial charge in [-0.15, -0.1) is 0 Å². The first kappa shape index (κ1) is 26.2. The molecule has 0 bridgehead atoms. The molecule has 4 N–H and O–H groups in total. The summed E-state index contributed by atoms with van der Waals surface area (Å²) >= 11 is 2.53. The SMILES string of the molecule is C=C1/C(=C\C=C(/C)C(F)(F)F)Sc2ccccc2N1CC(O)CN1CCC(CNSN)CC1. The Hall–Kier alpha value is -1.43. The molecule has 5 nitrogen and oxygen atoms in total. The van der Waals surface area contributed by atoms with Crippen LogP contribution in [0.5, 0.6) is 0 Å². The molecule has 10 heteroatoms. The number of nitrogens with two attached hydrogens (primary N) is 1. The van der Waals surface area contributed by atoms with Crippen molar-refractivity contribution in [2.75, 3.05) is 37.6 Å². The number of hydrogen-bond donors (Lipinski definition) is 3. The highest BCUT2D eigenvalue weighted by atomic mass is 32.2. The molecule has 2 heterocycles. The summed E-state index contributed by atoms with van der Waals surface area (Å²) in [5.74, 6) is 0.584. The number of nitrogens with zero attached hydrogens (tertiary/aromatic N) is 2. The van der Waals surface area contributed by atoms with Crippen molar-refractivity contribution in [2.45, 2.75) is 36.9 Å². The predicted octanol–water partition coefficient (Wildman–Crippen LogP) is 4.69. The van der Waals surface area contributed by atoms with Crippen LogP contribution in [0.1, 0.15) is 19.8 Å². The number of hydrogen-bond acceptors (Lipinski definition) is 7. The van der Waals surface area contributed by atoms with E-state index in [2.05, 4.69) is 16.2 Å². The first-order valence-corrected chi connectivity index (χ1v) is 12.6. The maximum absolute atomic E-state index is 12.9. The zero-order chi connectivity index (χ0) is 24.0. The van der Waals surface area contributed by atoms with E-state index in [-0.39, 0.29) is 0 Å². The van der Waals surface area contributed by atoms with E-state index in [4.69, 9.17) is 5.14 Å². The number of thioether (sulfide) groups is 1. The smallest absolute Gasteiger partial charge is 0.390 e. The molecule has 1 fully saturated rings. The van der Waals surface area contributed by atoms with Gasteiger partial charge in [0.05, 0.1) is 18.3 Å². The van der Waals surface area contributed by atoms with Crippen LogP contribution in [0.3, 0.4) is 0 Å². The lowest BCUT2D eigenvalue weighted by molar-refractivity contribution is -0.0913. The molecule has 0 spiro atoms. The fourth-order valence-corrected chi connectivity index (χ4v) is 5.32. The summed E-state index contributed by atoms with van der Waals surface area (Å²) in [5, 5.41) is 16.3. The number of likely N-dealkylation sites (tertiary alicyclic amines) is 1.